The van der Waals surface area contributed by atoms with Gasteiger partial charge < -0.3 is 15.8 Å². The maximum atomic E-state index is 12.1. The summed E-state index contributed by atoms with van der Waals surface area (Å²) in [5.41, 5.74) is 6.34. The molecule has 0 aliphatic heterocycles. The third-order valence-corrected chi connectivity index (χ3v) is 3.22. The zero-order chi connectivity index (χ0) is 16.2. The lowest BCUT2D eigenvalue weighted by Gasteiger charge is -2.25. The molecule has 1 aromatic carbocycles. The van der Waals surface area contributed by atoms with Crippen molar-refractivity contribution in [3.63, 3.8) is 0 Å². The van der Waals surface area contributed by atoms with Crippen molar-refractivity contribution in [2.45, 2.75) is 26.8 Å². The summed E-state index contributed by atoms with van der Waals surface area (Å²) in [5, 5.41) is 2.81. The van der Waals surface area contributed by atoms with Crippen LogP contribution in [0.3, 0.4) is 0 Å². The van der Waals surface area contributed by atoms with Crippen LogP contribution in [0.4, 0.5) is 5.69 Å². The zero-order valence-electron chi connectivity index (χ0n) is 13.9. The number of anilines is 1. The van der Waals surface area contributed by atoms with Gasteiger partial charge in [-0.1, -0.05) is 20.8 Å². The van der Waals surface area contributed by atoms with E-state index in [2.05, 4.69) is 10.3 Å². The molecule has 0 bridgehead atoms. The predicted octanol–water partition coefficient (Wildman–Crippen LogP) is 4.03. The molecule has 1 heterocycles. The monoisotopic (exact) mass is 371 g/mol. The first-order valence-electron chi connectivity index (χ1n) is 7.10. The van der Waals surface area contributed by atoms with E-state index in [0.717, 1.165) is 0 Å². The van der Waals surface area contributed by atoms with Crippen LogP contribution < -0.4 is 15.8 Å². The summed E-state index contributed by atoms with van der Waals surface area (Å²) in [6.45, 7) is 5.80. The summed E-state index contributed by atoms with van der Waals surface area (Å²) in [7, 11) is 0. The number of hydrogen-bond acceptors (Lipinski definition) is 4. The Morgan fingerprint density at radius 3 is 2.04 bits per heavy atom. The van der Waals surface area contributed by atoms with Crippen LogP contribution in [0.15, 0.2) is 48.8 Å². The second-order valence-electron chi connectivity index (χ2n) is 6.14. The maximum absolute atomic E-state index is 12.1. The largest absolute Gasteiger partial charge is 0.457 e. The number of nitrogens with two attached hydrogens (primary N) is 1. The Labute approximate surface area is 154 Å². The molecule has 0 aliphatic rings. The summed E-state index contributed by atoms with van der Waals surface area (Å²) in [6.07, 6.45) is 3.33. The van der Waals surface area contributed by atoms with Crippen molar-refractivity contribution in [1.29, 1.82) is 0 Å². The van der Waals surface area contributed by atoms with Gasteiger partial charge in [-0.3, -0.25) is 9.78 Å². The second kappa shape index (κ2) is 9.47. The summed E-state index contributed by atoms with van der Waals surface area (Å²) in [4.78, 5) is 16.0. The van der Waals surface area contributed by atoms with Crippen LogP contribution in [0, 0.1) is 5.41 Å². The molecule has 2 aromatic rings. The van der Waals surface area contributed by atoms with Gasteiger partial charge in [0.1, 0.15) is 11.5 Å². The number of halogens is 2. The minimum Gasteiger partial charge on any atom is -0.457 e. The number of amides is 1. The molecule has 0 saturated carbocycles. The molecular weight excluding hydrogens is 349 g/mol. The number of rotatable bonds is 4. The van der Waals surface area contributed by atoms with Crippen LogP contribution in [0.2, 0.25) is 0 Å². The molecule has 24 heavy (non-hydrogen) atoms. The van der Waals surface area contributed by atoms with Gasteiger partial charge in [-0.2, -0.15) is 0 Å². The second-order valence-corrected chi connectivity index (χ2v) is 6.14. The Bertz CT molecular complexity index is 629. The first-order valence-corrected chi connectivity index (χ1v) is 7.10. The van der Waals surface area contributed by atoms with Crippen molar-refractivity contribution in [2.24, 2.45) is 11.1 Å². The zero-order valence-corrected chi connectivity index (χ0v) is 15.5. The molecule has 0 fully saturated rings. The first kappa shape index (κ1) is 22.2. The lowest BCUT2D eigenvalue weighted by Crippen LogP contribution is -2.45. The number of nitrogens with one attached hydrogen (secondary N) is 1. The fourth-order valence-corrected chi connectivity index (χ4v) is 1.76. The fraction of sp³-hybridized carbons (Fsp3) is 0.294. The van der Waals surface area contributed by atoms with Gasteiger partial charge in [0.05, 0.1) is 6.04 Å². The van der Waals surface area contributed by atoms with Crippen LogP contribution in [0.1, 0.15) is 20.8 Å². The van der Waals surface area contributed by atoms with Gasteiger partial charge in [0.25, 0.3) is 0 Å². The van der Waals surface area contributed by atoms with Crippen molar-refractivity contribution in [2.75, 3.05) is 5.32 Å². The van der Waals surface area contributed by atoms with E-state index in [1.807, 2.05) is 20.8 Å². The highest BCUT2D eigenvalue weighted by Gasteiger charge is 2.27. The Morgan fingerprint density at radius 2 is 1.54 bits per heavy atom. The van der Waals surface area contributed by atoms with Gasteiger partial charge in [0.15, 0.2) is 0 Å². The molecule has 3 N–H and O–H groups in total. The summed E-state index contributed by atoms with van der Waals surface area (Å²) in [6, 6.07) is 10.1. The minimum absolute atomic E-state index is 0. The third-order valence-electron chi connectivity index (χ3n) is 3.22. The number of pyridine rings is 1. The molecule has 1 amide bonds. The Balaban J connectivity index is 0.00000264. The topological polar surface area (TPSA) is 77.2 Å². The van der Waals surface area contributed by atoms with Crippen molar-refractivity contribution < 1.29 is 9.53 Å². The number of nitrogens with zero attached hydrogens (tertiary/aromatic N) is 1. The Hall–Kier alpha value is -1.82. The smallest absolute Gasteiger partial charge is 0.241 e. The van der Waals surface area contributed by atoms with Gasteiger partial charge >= 0.3 is 0 Å². The summed E-state index contributed by atoms with van der Waals surface area (Å²) in [5.74, 6) is 1.20. The van der Waals surface area contributed by atoms with Gasteiger partial charge in [0, 0.05) is 18.1 Å². The SMILES string of the molecule is CC(C)(C)[C@H](N)C(=O)Nc1ccc(Oc2ccncc2)cc1.Cl.Cl. The number of hydrogen-bond donors (Lipinski definition) is 2. The van der Waals surface area contributed by atoms with Crippen LogP contribution in [0.5, 0.6) is 11.5 Å². The molecule has 1 aromatic heterocycles. The number of carbonyl (C=O) groups excluding carboxylic acids is 1. The van der Waals surface area contributed by atoms with Crippen LogP contribution in [0.25, 0.3) is 0 Å². The standard InChI is InChI=1S/C17H21N3O2.2ClH/c1-17(2,3)15(18)16(21)20-12-4-6-13(7-5-12)22-14-8-10-19-11-9-14;;/h4-11,15H,18H2,1-3H3,(H,20,21);2*1H/t15-;;/m1../s1. The molecular formula is C17H23Cl2N3O2. The molecule has 1 atom stereocenters. The van der Waals surface area contributed by atoms with E-state index in [4.69, 9.17) is 10.5 Å². The highest BCUT2D eigenvalue weighted by atomic mass is 35.5. The number of aromatic nitrogens is 1. The number of benzene rings is 1. The summed E-state index contributed by atoms with van der Waals surface area (Å²) < 4.78 is 5.66. The van der Waals surface area contributed by atoms with E-state index in [0.29, 0.717) is 17.2 Å². The van der Waals surface area contributed by atoms with E-state index in [-0.39, 0.29) is 36.1 Å². The third kappa shape index (κ3) is 6.35. The minimum atomic E-state index is -0.569. The van der Waals surface area contributed by atoms with Crippen molar-refractivity contribution >= 4 is 36.4 Å². The van der Waals surface area contributed by atoms with Gasteiger partial charge in [-0.15, -0.1) is 24.8 Å². The van der Waals surface area contributed by atoms with E-state index >= 15 is 0 Å². The van der Waals surface area contributed by atoms with Gasteiger partial charge in [-0.05, 0) is 41.8 Å². The van der Waals surface area contributed by atoms with E-state index < -0.39 is 6.04 Å². The van der Waals surface area contributed by atoms with Crippen LogP contribution in [-0.2, 0) is 4.79 Å². The highest BCUT2D eigenvalue weighted by Crippen LogP contribution is 2.23. The van der Waals surface area contributed by atoms with E-state index in [9.17, 15) is 4.79 Å². The normalized spacial score (nSPS) is 11.5. The Kier molecular flexibility index (Phi) is 8.75. The number of carbonyl (C=O) groups is 1. The van der Waals surface area contributed by atoms with Crippen molar-refractivity contribution in [1.82, 2.24) is 4.98 Å². The van der Waals surface area contributed by atoms with E-state index in [1.54, 1.807) is 48.8 Å². The fourth-order valence-electron chi connectivity index (χ4n) is 1.76. The van der Waals surface area contributed by atoms with Crippen LogP contribution >= 0.6 is 24.8 Å². The molecule has 5 nitrogen and oxygen atoms in total. The quantitative estimate of drug-likeness (QED) is 0.850. The lowest BCUT2D eigenvalue weighted by atomic mass is 9.87. The van der Waals surface area contributed by atoms with Gasteiger partial charge in [0.2, 0.25) is 5.91 Å². The molecule has 0 aliphatic carbocycles. The summed E-state index contributed by atoms with van der Waals surface area (Å²) >= 11 is 0. The molecule has 2 rings (SSSR count). The van der Waals surface area contributed by atoms with E-state index in [1.165, 1.54) is 0 Å². The molecule has 7 heteroatoms. The van der Waals surface area contributed by atoms with Crippen LogP contribution in [-0.4, -0.2) is 16.9 Å². The molecule has 132 valence electrons. The molecule has 0 spiro atoms. The molecule has 0 unspecified atom stereocenters. The first-order chi connectivity index (χ1) is 10.4. The average Bonchev–Trinajstić information content (AvgIpc) is 2.48. The average molecular weight is 372 g/mol. The molecule has 0 radical (unpaired) electrons. The predicted molar refractivity (Wildman–Crippen MR) is 101 cm³/mol. The van der Waals surface area contributed by atoms with Crippen molar-refractivity contribution in [3.05, 3.63) is 48.8 Å². The number of ether oxygens (including phenoxy) is 1. The van der Waals surface area contributed by atoms with Crippen molar-refractivity contribution in [3.8, 4) is 11.5 Å². The van der Waals surface area contributed by atoms with Gasteiger partial charge in [-0.25, -0.2) is 0 Å². The Morgan fingerprint density at radius 1 is 1.04 bits per heavy atom. The molecule has 0 saturated heterocycles. The maximum Gasteiger partial charge on any atom is 0.241 e. The highest BCUT2D eigenvalue weighted by molar-refractivity contribution is 5.95. The lowest BCUT2D eigenvalue weighted by molar-refractivity contribution is -0.119.